The van der Waals surface area contributed by atoms with Crippen molar-refractivity contribution in [2.24, 2.45) is 0 Å². The number of methoxy groups -OCH3 is 2. The maximum Gasteiger partial charge on any atom is 0.260 e. The zero-order chi connectivity index (χ0) is 19.4. The SMILES string of the molecule is COc1ccc(CN2C(=O)c3cc(N)cnc3OC[C@@H]2CCO)c(OC)c1. The molecule has 0 bridgehead atoms. The Hall–Kier alpha value is -3.00. The number of amides is 1. The van der Waals surface area contributed by atoms with E-state index in [0.717, 1.165) is 5.56 Å². The van der Waals surface area contributed by atoms with Gasteiger partial charge >= 0.3 is 0 Å². The fourth-order valence-corrected chi connectivity index (χ4v) is 3.08. The number of aromatic nitrogens is 1. The number of anilines is 1. The first-order valence-corrected chi connectivity index (χ1v) is 8.58. The van der Waals surface area contributed by atoms with E-state index >= 15 is 0 Å². The Morgan fingerprint density at radius 2 is 2.15 bits per heavy atom. The number of hydrogen-bond donors (Lipinski definition) is 2. The second kappa shape index (κ2) is 8.13. The van der Waals surface area contributed by atoms with E-state index in [2.05, 4.69) is 4.98 Å². The van der Waals surface area contributed by atoms with Crippen molar-refractivity contribution in [3.63, 3.8) is 0 Å². The molecule has 8 heteroatoms. The summed E-state index contributed by atoms with van der Waals surface area (Å²) >= 11 is 0. The van der Waals surface area contributed by atoms with Gasteiger partial charge in [-0.3, -0.25) is 4.79 Å². The molecule has 0 fully saturated rings. The number of carbonyl (C=O) groups is 1. The summed E-state index contributed by atoms with van der Waals surface area (Å²) in [5.41, 5.74) is 7.31. The smallest absolute Gasteiger partial charge is 0.260 e. The molecule has 8 nitrogen and oxygen atoms in total. The normalized spacial score (nSPS) is 16.3. The predicted octanol–water partition coefficient (Wildman–Crippen LogP) is 1.47. The second-order valence-electron chi connectivity index (χ2n) is 6.21. The van der Waals surface area contributed by atoms with Crippen molar-refractivity contribution in [3.05, 3.63) is 41.6 Å². The Morgan fingerprint density at radius 3 is 2.85 bits per heavy atom. The average molecular weight is 373 g/mol. The van der Waals surface area contributed by atoms with E-state index in [1.807, 2.05) is 12.1 Å². The zero-order valence-electron chi connectivity index (χ0n) is 15.3. The molecule has 3 N–H and O–H groups in total. The van der Waals surface area contributed by atoms with E-state index in [4.69, 9.17) is 19.9 Å². The summed E-state index contributed by atoms with van der Waals surface area (Å²) in [6.45, 7) is 0.451. The van der Waals surface area contributed by atoms with Crippen molar-refractivity contribution >= 4 is 11.6 Å². The van der Waals surface area contributed by atoms with Gasteiger partial charge in [0.05, 0.1) is 38.7 Å². The minimum Gasteiger partial charge on any atom is -0.497 e. The third-order valence-corrected chi connectivity index (χ3v) is 4.51. The van der Waals surface area contributed by atoms with Gasteiger partial charge in [-0.05, 0) is 24.6 Å². The number of fused-ring (bicyclic) bond motifs is 1. The fraction of sp³-hybridized carbons (Fsp3) is 0.368. The molecule has 0 aliphatic carbocycles. The molecule has 0 saturated heterocycles. The summed E-state index contributed by atoms with van der Waals surface area (Å²) in [7, 11) is 3.15. The highest BCUT2D eigenvalue weighted by atomic mass is 16.5. The molecule has 1 aliphatic heterocycles. The Kier molecular flexibility index (Phi) is 5.66. The van der Waals surface area contributed by atoms with E-state index < -0.39 is 0 Å². The van der Waals surface area contributed by atoms with Crippen LogP contribution in [0.2, 0.25) is 0 Å². The Bertz CT molecular complexity index is 827. The van der Waals surface area contributed by atoms with Gasteiger partial charge in [-0.15, -0.1) is 0 Å². The number of benzene rings is 1. The monoisotopic (exact) mass is 373 g/mol. The summed E-state index contributed by atoms with van der Waals surface area (Å²) in [4.78, 5) is 19.0. The lowest BCUT2D eigenvalue weighted by Gasteiger charge is -2.29. The van der Waals surface area contributed by atoms with Crippen molar-refractivity contribution in [2.45, 2.75) is 19.0 Å². The molecule has 3 rings (SSSR count). The maximum absolute atomic E-state index is 13.2. The highest BCUT2D eigenvalue weighted by molar-refractivity contribution is 5.97. The topological polar surface area (TPSA) is 107 Å². The first kappa shape index (κ1) is 18.8. The number of aliphatic hydroxyl groups is 1. The van der Waals surface area contributed by atoms with E-state index in [1.165, 1.54) is 6.20 Å². The van der Waals surface area contributed by atoms with Crippen LogP contribution in [0.5, 0.6) is 17.4 Å². The number of rotatable bonds is 6. The number of aliphatic hydroxyl groups excluding tert-OH is 1. The number of nitrogen functional groups attached to an aromatic ring is 1. The quantitative estimate of drug-likeness (QED) is 0.789. The van der Waals surface area contributed by atoms with Crippen molar-refractivity contribution in [1.29, 1.82) is 0 Å². The van der Waals surface area contributed by atoms with Gasteiger partial charge in [0.2, 0.25) is 5.88 Å². The number of pyridine rings is 1. The summed E-state index contributed by atoms with van der Waals surface area (Å²) in [6.07, 6.45) is 1.84. The molecule has 27 heavy (non-hydrogen) atoms. The van der Waals surface area contributed by atoms with Crippen LogP contribution >= 0.6 is 0 Å². The van der Waals surface area contributed by atoms with Gasteiger partial charge in [-0.1, -0.05) is 0 Å². The molecule has 1 aromatic carbocycles. The third kappa shape index (κ3) is 3.90. The molecular formula is C19H23N3O5. The second-order valence-corrected chi connectivity index (χ2v) is 6.21. The van der Waals surface area contributed by atoms with Gasteiger partial charge in [0, 0.05) is 18.2 Å². The highest BCUT2D eigenvalue weighted by Crippen LogP contribution is 2.30. The van der Waals surface area contributed by atoms with E-state index in [1.54, 1.807) is 31.3 Å². The molecule has 1 aliphatic rings. The van der Waals surface area contributed by atoms with Gasteiger partial charge in [0.1, 0.15) is 23.7 Å². The van der Waals surface area contributed by atoms with Crippen LogP contribution in [0, 0.1) is 0 Å². The van der Waals surface area contributed by atoms with Crippen LogP contribution in [0.15, 0.2) is 30.5 Å². The van der Waals surface area contributed by atoms with Crippen LogP contribution in [0.3, 0.4) is 0 Å². The molecule has 1 amide bonds. The van der Waals surface area contributed by atoms with E-state index in [-0.39, 0.29) is 37.6 Å². The molecule has 1 atom stereocenters. The van der Waals surface area contributed by atoms with Gasteiger partial charge in [-0.25, -0.2) is 4.98 Å². The number of carbonyl (C=O) groups excluding carboxylic acids is 1. The summed E-state index contributed by atoms with van der Waals surface area (Å²) < 4.78 is 16.4. The van der Waals surface area contributed by atoms with Gasteiger partial charge in [0.15, 0.2) is 0 Å². The Balaban J connectivity index is 1.98. The fourth-order valence-electron chi connectivity index (χ4n) is 3.08. The molecule has 0 saturated carbocycles. The Morgan fingerprint density at radius 1 is 1.33 bits per heavy atom. The van der Waals surface area contributed by atoms with Crippen LogP contribution in [0.25, 0.3) is 0 Å². The van der Waals surface area contributed by atoms with Gasteiger partial charge < -0.3 is 30.0 Å². The molecule has 0 radical (unpaired) electrons. The summed E-state index contributed by atoms with van der Waals surface area (Å²) in [5, 5.41) is 9.44. The van der Waals surface area contributed by atoms with Crippen LogP contribution in [0.1, 0.15) is 22.3 Å². The van der Waals surface area contributed by atoms with Crippen LogP contribution in [-0.2, 0) is 6.54 Å². The largest absolute Gasteiger partial charge is 0.497 e. The number of nitrogens with two attached hydrogens (primary N) is 1. The number of ether oxygens (including phenoxy) is 3. The lowest BCUT2D eigenvalue weighted by molar-refractivity contribution is 0.0592. The van der Waals surface area contributed by atoms with Gasteiger partial charge in [-0.2, -0.15) is 0 Å². The van der Waals surface area contributed by atoms with Gasteiger partial charge in [0.25, 0.3) is 5.91 Å². The first-order valence-electron chi connectivity index (χ1n) is 8.58. The van der Waals surface area contributed by atoms with Crippen LogP contribution < -0.4 is 19.9 Å². The zero-order valence-corrected chi connectivity index (χ0v) is 15.3. The minimum absolute atomic E-state index is 0.0660. The lowest BCUT2D eigenvalue weighted by Crippen LogP contribution is -2.42. The molecule has 2 heterocycles. The molecule has 0 unspecified atom stereocenters. The maximum atomic E-state index is 13.2. The number of hydrogen-bond acceptors (Lipinski definition) is 7. The standard InChI is InChI=1S/C19H23N3O5/c1-25-15-4-3-12(17(8-15)26-2)10-22-14(5-6-23)11-27-18-16(19(22)24)7-13(20)9-21-18/h3-4,7-9,14,23H,5-6,10-11,20H2,1-2H3/t14-/m0/s1. The van der Waals surface area contributed by atoms with Crippen LogP contribution in [0.4, 0.5) is 5.69 Å². The average Bonchev–Trinajstić information content (AvgIpc) is 2.80. The minimum atomic E-state index is -0.315. The summed E-state index contributed by atoms with van der Waals surface area (Å²) in [5.74, 6) is 1.27. The molecule has 2 aromatic rings. The first-order chi connectivity index (χ1) is 13.1. The lowest BCUT2D eigenvalue weighted by atomic mass is 10.1. The number of nitrogens with zero attached hydrogens (tertiary/aromatic N) is 2. The Labute approximate surface area is 157 Å². The molecule has 1 aromatic heterocycles. The van der Waals surface area contributed by atoms with E-state index in [9.17, 15) is 9.90 Å². The van der Waals surface area contributed by atoms with Crippen molar-refractivity contribution in [2.75, 3.05) is 33.2 Å². The summed E-state index contributed by atoms with van der Waals surface area (Å²) in [6, 6.07) is 6.67. The predicted molar refractivity (Wildman–Crippen MR) is 99.1 cm³/mol. The molecule has 144 valence electrons. The third-order valence-electron chi connectivity index (χ3n) is 4.51. The van der Waals surface area contributed by atoms with Crippen molar-refractivity contribution in [1.82, 2.24) is 9.88 Å². The van der Waals surface area contributed by atoms with E-state index in [0.29, 0.717) is 29.2 Å². The highest BCUT2D eigenvalue weighted by Gasteiger charge is 2.32. The molecular weight excluding hydrogens is 350 g/mol. The van der Waals surface area contributed by atoms with Crippen molar-refractivity contribution < 1.29 is 24.1 Å². The van der Waals surface area contributed by atoms with Crippen molar-refractivity contribution in [3.8, 4) is 17.4 Å². The van der Waals surface area contributed by atoms with Crippen LogP contribution in [-0.4, -0.2) is 54.4 Å². The molecule has 0 spiro atoms.